The Labute approximate surface area is 196 Å². The van der Waals surface area contributed by atoms with Gasteiger partial charge in [-0.2, -0.15) is 0 Å². The van der Waals surface area contributed by atoms with Crippen molar-refractivity contribution in [1.82, 2.24) is 0 Å². The minimum Gasteiger partial charge on any atom is -0.304 e. The fourth-order valence-electron chi connectivity index (χ4n) is 4.50. The molecule has 0 N–H and O–H groups in total. The maximum absolute atomic E-state index is 14.0. The molecular formula is C24H18FN3O5S. The van der Waals surface area contributed by atoms with E-state index >= 15 is 0 Å². The summed E-state index contributed by atoms with van der Waals surface area (Å²) in [6.07, 6.45) is 0. The van der Waals surface area contributed by atoms with Gasteiger partial charge in [-0.15, -0.1) is 0 Å². The van der Waals surface area contributed by atoms with Gasteiger partial charge in [-0.1, -0.05) is 29.8 Å². The lowest BCUT2D eigenvalue weighted by molar-refractivity contribution is -0.384. The van der Waals surface area contributed by atoms with Crippen molar-refractivity contribution in [1.29, 1.82) is 0 Å². The van der Waals surface area contributed by atoms with Crippen molar-refractivity contribution in [3.63, 3.8) is 0 Å². The molecule has 3 aromatic carbocycles. The number of non-ortho nitro benzene ring substituents is 1. The van der Waals surface area contributed by atoms with E-state index in [1.807, 2.05) is 6.92 Å². The Balaban J connectivity index is 1.73. The number of anilines is 2. The van der Waals surface area contributed by atoms with Gasteiger partial charge < -0.3 is 4.90 Å². The van der Waals surface area contributed by atoms with Gasteiger partial charge in [0, 0.05) is 23.4 Å². The number of nitro groups is 1. The van der Waals surface area contributed by atoms with Crippen LogP contribution in [0.4, 0.5) is 21.5 Å². The third kappa shape index (κ3) is 3.13. The summed E-state index contributed by atoms with van der Waals surface area (Å²) in [7, 11) is -2.02. The lowest BCUT2D eigenvalue weighted by Crippen LogP contribution is -2.52. The van der Waals surface area contributed by atoms with Crippen molar-refractivity contribution in [2.75, 3.05) is 15.6 Å². The SMILES string of the molecule is Cc1ccc(N2C(=O)CS(=O)C23C(=O)N(Cc2ccc(F)cc2)c2ccc([N+](=O)[O-])cc23)cc1. The van der Waals surface area contributed by atoms with Crippen molar-refractivity contribution in [2.45, 2.75) is 18.3 Å². The maximum Gasteiger partial charge on any atom is 0.271 e. The van der Waals surface area contributed by atoms with Crippen LogP contribution in [-0.2, 0) is 31.8 Å². The van der Waals surface area contributed by atoms with E-state index in [0.29, 0.717) is 16.9 Å². The summed E-state index contributed by atoms with van der Waals surface area (Å²) in [6, 6.07) is 16.3. The molecule has 2 amide bonds. The second-order valence-corrected chi connectivity index (χ2v) is 9.75. The molecule has 1 spiro atoms. The minimum absolute atomic E-state index is 0.0127. The van der Waals surface area contributed by atoms with Crippen LogP contribution >= 0.6 is 0 Å². The number of amides is 2. The number of nitro benzene ring substituents is 1. The quantitative estimate of drug-likeness (QED) is 0.421. The smallest absolute Gasteiger partial charge is 0.271 e. The van der Waals surface area contributed by atoms with E-state index in [-0.39, 0.29) is 17.8 Å². The van der Waals surface area contributed by atoms with Gasteiger partial charge in [0.25, 0.3) is 11.6 Å². The first-order chi connectivity index (χ1) is 16.2. The Morgan fingerprint density at radius 3 is 2.38 bits per heavy atom. The summed E-state index contributed by atoms with van der Waals surface area (Å²) < 4.78 is 26.9. The van der Waals surface area contributed by atoms with E-state index in [1.54, 1.807) is 24.3 Å². The van der Waals surface area contributed by atoms with Crippen LogP contribution in [0.5, 0.6) is 0 Å². The van der Waals surface area contributed by atoms with Gasteiger partial charge in [-0.05, 0) is 42.8 Å². The number of rotatable bonds is 4. The van der Waals surface area contributed by atoms with Crippen LogP contribution in [0.25, 0.3) is 0 Å². The number of aryl methyl sites for hydroxylation is 1. The first-order valence-electron chi connectivity index (χ1n) is 10.4. The van der Waals surface area contributed by atoms with Gasteiger partial charge in [0.05, 0.1) is 28.0 Å². The molecule has 0 radical (unpaired) electrons. The van der Waals surface area contributed by atoms with E-state index in [2.05, 4.69) is 0 Å². The third-order valence-electron chi connectivity index (χ3n) is 6.08. The zero-order valence-corrected chi connectivity index (χ0v) is 18.8. The van der Waals surface area contributed by atoms with E-state index in [4.69, 9.17) is 0 Å². The molecule has 1 fully saturated rings. The van der Waals surface area contributed by atoms with Crippen LogP contribution < -0.4 is 9.80 Å². The number of benzene rings is 3. The molecule has 5 rings (SSSR count). The first kappa shape index (κ1) is 21.9. The van der Waals surface area contributed by atoms with Gasteiger partial charge in [0.1, 0.15) is 11.6 Å². The molecule has 1 saturated heterocycles. The summed E-state index contributed by atoms with van der Waals surface area (Å²) >= 11 is 0. The maximum atomic E-state index is 14.0. The predicted molar refractivity (Wildman–Crippen MR) is 124 cm³/mol. The molecule has 2 heterocycles. The minimum atomic E-state index is -2.02. The molecule has 0 aliphatic carbocycles. The highest BCUT2D eigenvalue weighted by atomic mass is 32.2. The highest BCUT2D eigenvalue weighted by Crippen LogP contribution is 2.52. The number of halogens is 1. The van der Waals surface area contributed by atoms with Crippen molar-refractivity contribution < 1.29 is 23.1 Å². The van der Waals surface area contributed by atoms with Gasteiger partial charge >= 0.3 is 0 Å². The highest BCUT2D eigenvalue weighted by Gasteiger charge is 2.65. The van der Waals surface area contributed by atoms with Crippen LogP contribution in [0.15, 0.2) is 66.7 Å². The number of carbonyl (C=O) groups is 2. The molecular weight excluding hydrogens is 461 g/mol. The summed E-state index contributed by atoms with van der Waals surface area (Å²) in [5, 5.41) is 11.5. The van der Waals surface area contributed by atoms with Crippen LogP contribution in [0.1, 0.15) is 16.7 Å². The number of carbonyl (C=O) groups excluding carboxylic acids is 2. The van der Waals surface area contributed by atoms with E-state index in [9.17, 15) is 28.3 Å². The molecule has 8 nitrogen and oxygen atoms in total. The molecule has 0 aromatic heterocycles. The zero-order chi connectivity index (χ0) is 24.2. The monoisotopic (exact) mass is 479 g/mol. The molecule has 172 valence electrons. The molecule has 2 atom stereocenters. The molecule has 2 aliphatic rings. The highest BCUT2D eigenvalue weighted by molar-refractivity contribution is 7.88. The van der Waals surface area contributed by atoms with E-state index in [1.165, 1.54) is 52.3 Å². The molecule has 10 heteroatoms. The topological polar surface area (TPSA) is 101 Å². The summed E-state index contributed by atoms with van der Waals surface area (Å²) in [4.78, 5) is 38.7. The fraction of sp³-hybridized carbons (Fsp3) is 0.167. The Bertz CT molecular complexity index is 1380. The lowest BCUT2D eigenvalue weighted by Gasteiger charge is -2.32. The molecule has 34 heavy (non-hydrogen) atoms. The number of fused-ring (bicyclic) bond motifs is 2. The summed E-state index contributed by atoms with van der Waals surface area (Å²) in [6.45, 7) is 1.88. The van der Waals surface area contributed by atoms with Crippen LogP contribution in [0.3, 0.4) is 0 Å². The lowest BCUT2D eigenvalue weighted by atomic mass is 10.0. The first-order valence-corrected chi connectivity index (χ1v) is 11.7. The van der Waals surface area contributed by atoms with Crippen LogP contribution in [0.2, 0.25) is 0 Å². The Morgan fingerprint density at radius 1 is 1.06 bits per heavy atom. The molecule has 3 aromatic rings. The normalized spacial score (nSPS) is 21.4. The van der Waals surface area contributed by atoms with E-state index < -0.39 is 44.0 Å². The molecule has 2 unspecified atom stereocenters. The van der Waals surface area contributed by atoms with Gasteiger partial charge in [-0.3, -0.25) is 28.8 Å². The van der Waals surface area contributed by atoms with Crippen molar-refractivity contribution in [3.05, 3.63) is 99.4 Å². The second kappa shape index (κ2) is 7.84. The fourth-order valence-corrected chi connectivity index (χ4v) is 6.18. The average Bonchev–Trinajstić information content (AvgIpc) is 3.21. The zero-order valence-electron chi connectivity index (χ0n) is 17.9. The molecule has 2 aliphatic heterocycles. The average molecular weight is 479 g/mol. The van der Waals surface area contributed by atoms with Crippen molar-refractivity contribution in [3.8, 4) is 0 Å². The standard InChI is InChI=1S/C24H18FN3O5S/c1-15-2-8-18(9-3-15)27-22(29)14-34(33)24(27)20-12-19(28(31)32)10-11-21(20)26(23(24)30)13-16-4-6-17(25)7-5-16/h2-12H,13-14H2,1H3. The van der Waals surface area contributed by atoms with Crippen LogP contribution in [-0.4, -0.2) is 26.7 Å². The summed E-state index contributed by atoms with van der Waals surface area (Å²) in [5.41, 5.74) is 2.08. The van der Waals surface area contributed by atoms with Crippen LogP contribution in [0, 0.1) is 22.9 Å². The van der Waals surface area contributed by atoms with Gasteiger partial charge in [-0.25, -0.2) is 4.39 Å². The summed E-state index contributed by atoms with van der Waals surface area (Å²) in [5.74, 6) is -1.97. The van der Waals surface area contributed by atoms with Crippen molar-refractivity contribution >= 4 is 39.7 Å². The van der Waals surface area contributed by atoms with Gasteiger partial charge in [0.15, 0.2) is 0 Å². The Morgan fingerprint density at radius 2 is 1.74 bits per heavy atom. The molecule has 0 saturated carbocycles. The predicted octanol–water partition coefficient (Wildman–Crippen LogP) is 3.54. The largest absolute Gasteiger partial charge is 0.304 e. The number of nitrogens with zero attached hydrogens (tertiary/aromatic N) is 3. The van der Waals surface area contributed by atoms with Gasteiger partial charge in [0.2, 0.25) is 10.8 Å². The number of hydrogen-bond acceptors (Lipinski definition) is 5. The van der Waals surface area contributed by atoms with E-state index in [0.717, 1.165) is 5.56 Å². The van der Waals surface area contributed by atoms with Crippen molar-refractivity contribution in [2.24, 2.45) is 0 Å². The second-order valence-electron chi connectivity index (χ2n) is 8.17. The Kier molecular flexibility index (Phi) is 5.05. The molecule has 0 bridgehead atoms. The number of hydrogen-bond donors (Lipinski definition) is 0. The third-order valence-corrected chi connectivity index (χ3v) is 7.82. The Hall–Kier alpha value is -3.92.